The van der Waals surface area contributed by atoms with Crippen molar-refractivity contribution in [3.05, 3.63) is 30.3 Å². The molecule has 0 atom stereocenters. The van der Waals surface area contributed by atoms with Gasteiger partial charge >= 0.3 is 0 Å². The number of anilines is 1. The number of benzene rings is 1. The average Bonchev–Trinajstić information content (AvgIpc) is 2.74. The van der Waals surface area contributed by atoms with Crippen molar-refractivity contribution in [2.75, 3.05) is 31.1 Å². The van der Waals surface area contributed by atoms with E-state index in [-0.39, 0.29) is 0 Å². The first-order valence-electron chi connectivity index (χ1n) is 5.38. The Kier molecular flexibility index (Phi) is 2.35. The fraction of sp³-hybridized carbons (Fsp3) is 0.333. The first kappa shape index (κ1) is 9.19. The van der Waals surface area contributed by atoms with Gasteiger partial charge in [0.2, 0.25) is 0 Å². The molecule has 1 aromatic heterocycles. The number of nitrogens with one attached hydrogen (secondary N) is 1. The van der Waals surface area contributed by atoms with Gasteiger partial charge in [0.1, 0.15) is 0 Å². The fourth-order valence-electron chi connectivity index (χ4n) is 2.01. The molecule has 0 aliphatic carbocycles. The van der Waals surface area contributed by atoms with E-state index in [1.54, 1.807) is 0 Å². The summed E-state index contributed by atoms with van der Waals surface area (Å²) in [5.41, 5.74) is 0. The highest BCUT2D eigenvalue weighted by atomic mass is 32.1. The van der Waals surface area contributed by atoms with Crippen molar-refractivity contribution in [1.29, 1.82) is 0 Å². The van der Waals surface area contributed by atoms with Crippen molar-refractivity contribution in [3.63, 3.8) is 0 Å². The van der Waals surface area contributed by atoms with Crippen LogP contribution in [-0.4, -0.2) is 26.2 Å². The van der Waals surface area contributed by atoms with E-state index in [1.807, 2.05) is 11.3 Å². The van der Waals surface area contributed by atoms with Crippen LogP contribution in [0.1, 0.15) is 0 Å². The van der Waals surface area contributed by atoms with E-state index in [9.17, 15) is 0 Å². The maximum Gasteiger partial charge on any atom is 0.0921 e. The molecule has 0 radical (unpaired) electrons. The molecular formula is C12H14N2S. The predicted molar refractivity (Wildman–Crippen MR) is 66.9 cm³/mol. The molecule has 0 spiro atoms. The Morgan fingerprint density at radius 3 is 2.73 bits per heavy atom. The number of piperazine rings is 1. The quantitative estimate of drug-likeness (QED) is 0.790. The van der Waals surface area contributed by atoms with Crippen LogP contribution >= 0.6 is 11.3 Å². The number of thiophene rings is 1. The van der Waals surface area contributed by atoms with Crippen LogP contribution in [0.3, 0.4) is 0 Å². The summed E-state index contributed by atoms with van der Waals surface area (Å²) in [6, 6.07) is 10.9. The van der Waals surface area contributed by atoms with Crippen LogP contribution in [0.4, 0.5) is 5.00 Å². The molecule has 2 heterocycles. The smallest absolute Gasteiger partial charge is 0.0921 e. The van der Waals surface area contributed by atoms with Crippen LogP contribution in [0.25, 0.3) is 10.1 Å². The van der Waals surface area contributed by atoms with Crippen LogP contribution in [-0.2, 0) is 0 Å². The molecule has 2 aromatic rings. The van der Waals surface area contributed by atoms with Crippen molar-refractivity contribution in [2.24, 2.45) is 0 Å². The lowest BCUT2D eigenvalue weighted by atomic mass is 10.2. The molecule has 0 unspecified atom stereocenters. The third-order valence-corrected chi connectivity index (χ3v) is 4.02. The highest BCUT2D eigenvalue weighted by molar-refractivity contribution is 7.22. The maximum atomic E-state index is 3.38. The van der Waals surface area contributed by atoms with Crippen LogP contribution in [0.2, 0.25) is 0 Å². The summed E-state index contributed by atoms with van der Waals surface area (Å²) < 4.78 is 1.39. The van der Waals surface area contributed by atoms with Gasteiger partial charge in [-0.05, 0) is 17.5 Å². The fourth-order valence-corrected chi connectivity index (χ4v) is 3.12. The zero-order chi connectivity index (χ0) is 10.1. The number of hydrogen-bond donors (Lipinski definition) is 1. The Morgan fingerprint density at radius 1 is 1.13 bits per heavy atom. The molecule has 78 valence electrons. The minimum Gasteiger partial charge on any atom is -0.361 e. The van der Waals surface area contributed by atoms with E-state index >= 15 is 0 Å². The van der Waals surface area contributed by atoms with E-state index in [1.165, 1.54) is 15.1 Å². The highest BCUT2D eigenvalue weighted by Crippen LogP contribution is 2.32. The van der Waals surface area contributed by atoms with E-state index < -0.39 is 0 Å². The lowest BCUT2D eigenvalue weighted by Crippen LogP contribution is -2.43. The molecule has 1 aliphatic rings. The van der Waals surface area contributed by atoms with Crippen molar-refractivity contribution in [1.82, 2.24) is 5.32 Å². The molecule has 3 rings (SSSR count). The molecule has 1 N–H and O–H groups in total. The summed E-state index contributed by atoms with van der Waals surface area (Å²) in [7, 11) is 0. The van der Waals surface area contributed by atoms with Gasteiger partial charge in [-0.3, -0.25) is 0 Å². The maximum absolute atomic E-state index is 3.38. The van der Waals surface area contributed by atoms with Gasteiger partial charge in [-0.15, -0.1) is 11.3 Å². The van der Waals surface area contributed by atoms with Gasteiger partial charge in [0, 0.05) is 30.9 Å². The van der Waals surface area contributed by atoms with Crippen LogP contribution in [0.5, 0.6) is 0 Å². The summed E-state index contributed by atoms with van der Waals surface area (Å²) in [5, 5.41) is 6.17. The zero-order valence-electron chi connectivity index (χ0n) is 8.57. The van der Waals surface area contributed by atoms with Gasteiger partial charge in [0.15, 0.2) is 0 Å². The molecule has 0 saturated carbocycles. The molecule has 1 aromatic carbocycles. The molecule has 0 bridgehead atoms. The van der Waals surface area contributed by atoms with E-state index in [2.05, 4.69) is 40.5 Å². The minimum absolute atomic E-state index is 1.11. The van der Waals surface area contributed by atoms with Gasteiger partial charge in [-0.1, -0.05) is 18.2 Å². The molecule has 3 heteroatoms. The Bertz CT molecular complexity index is 424. The number of fused-ring (bicyclic) bond motifs is 1. The molecule has 1 fully saturated rings. The second-order valence-electron chi connectivity index (χ2n) is 3.86. The number of hydrogen-bond acceptors (Lipinski definition) is 3. The zero-order valence-corrected chi connectivity index (χ0v) is 9.39. The standard InChI is InChI=1S/C12H14N2S/c1-2-4-11-10(3-1)9-12(15-11)14-7-5-13-6-8-14/h1-4,9,13H,5-8H2. The Hall–Kier alpha value is -1.06. The van der Waals surface area contributed by atoms with E-state index in [4.69, 9.17) is 0 Å². The largest absolute Gasteiger partial charge is 0.361 e. The Balaban J connectivity index is 1.96. The second-order valence-corrected chi connectivity index (χ2v) is 4.92. The SMILES string of the molecule is c1ccc2sc(N3CCNCC3)cc2c1. The summed E-state index contributed by atoms with van der Waals surface area (Å²) in [5.74, 6) is 0. The lowest BCUT2D eigenvalue weighted by molar-refractivity contribution is 0.592. The van der Waals surface area contributed by atoms with Gasteiger partial charge in [0.25, 0.3) is 0 Å². The monoisotopic (exact) mass is 218 g/mol. The first-order valence-corrected chi connectivity index (χ1v) is 6.19. The Labute approximate surface area is 93.5 Å². The van der Waals surface area contributed by atoms with Crippen molar-refractivity contribution >= 4 is 26.4 Å². The number of nitrogens with zero attached hydrogens (tertiary/aromatic N) is 1. The third-order valence-electron chi connectivity index (χ3n) is 2.84. The average molecular weight is 218 g/mol. The van der Waals surface area contributed by atoms with E-state index in [0.717, 1.165) is 26.2 Å². The van der Waals surface area contributed by atoms with Crippen molar-refractivity contribution in [3.8, 4) is 0 Å². The van der Waals surface area contributed by atoms with Crippen LogP contribution in [0.15, 0.2) is 30.3 Å². The van der Waals surface area contributed by atoms with Crippen molar-refractivity contribution < 1.29 is 0 Å². The number of rotatable bonds is 1. The van der Waals surface area contributed by atoms with Gasteiger partial charge in [-0.2, -0.15) is 0 Å². The topological polar surface area (TPSA) is 15.3 Å². The minimum atomic E-state index is 1.11. The molecule has 0 amide bonds. The molecule has 2 nitrogen and oxygen atoms in total. The molecule has 1 saturated heterocycles. The lowest BCUT2D eigenvalue weighted by Gasteiger charge is -2.27. The van der Waals surface area contributed by atoms with Crippen molar-refractivity contribution in [2.45, 2.75) is 0 Å². The summed E-state index contributed by atoms with van der Waals surface area (Å²) >= 11 is 1.90. The molecule has 15 heavy (non-hydrogen) atoms. The summed E-state index contributed by atoms with van der Waals surface area (Å²) in [6.07, 6.45) is 0. The highest BCUT2D eigenvalue weighted by Gasteiger charge is 2.12. The van der Waals surface area contributed by atoms with Crippen LogP contribution < -0.4 is 10.2 Å². The van der Waals surface area contributed by atoms with E-state index in [0.29, 0.717) is 0 Å². The first-order chi connectivity index (χ1) is 7.43. The predicted octanol–water partition coefficient (Wildman–Crippen LogP) is 2.31. The van der Waals surface area contributed by atoms with Gasteiger partial charge < -0.3 is 10.2 Å². The normalized spacial score (nSPS) is 17.2. The summed E-state index contributed by atoms with van der Waals surface area (Å²) in [6.45, 7) is 4.47. The third kappa shape index (κ3) is 1.73. The Morgan fingerprint density at radius 2 is 1.93 bits per heavy atom. The molecule has 1 aliphatic heterocycles. The van der Waals surface area contributed by atoms with Gasteiger partial charge in [-0.25, -0.2) is 0 Å². The second kappa shape index (κ2) is 3.83. The van der Waals surface area contributed by atoms with Gasteiger partial charge in [0.05, 0.1) is 5.00 Å². The summed E-state index contributed by atoms with van der Waals surface area (Å²) in [4.78, 5) is 2.47. The molecular weight excluding hydrogens is 204 g/mol. The van der Waals surface area contributed by atoms with Crippen LogP contribution in [0, 0.1) is 0 Å².